The highest BCUT2D eigenvalue weighted by Gasteiger charge is 2.71. The van der Waals surface area contributed by atoms with Crippen molar-refractivity contribution in [1.29, 1.82) is 0 Å². The van der Waals surface area contributed by atoms with Crippen molar-refractivity contribution in [2.24, 2.45) is 68.5 Å². The molecule has 0 radical (unpaired) electrons. The Morgan fingerprint density at radius 3 is 2.15 bits per heavy atom. The first-order valence-corrected chi connectivity index (χ1v) is 23.7. The standard InChI is InChI=1S/C45H74N2O7S/c1-27(2)29-13-18-45(46-26-32(28(3)48)47-21-23-55(52,53)24-22-47)20-19-43(9)30(37(29)45)11-12-34-42(8)16-15-35(41(6,7)33(42)14-17-44(34,43)10)54-36(49)25-31-38(39(50)51)40(31,4)5/h28-35,37-38,46,48H,1,11-26H2,2-10H3,(H,50,51)/t28-,29-,30+,31+,32-,33-,34+,35-,37+,38+,42-,43+,44+,45-/m0/s1. The predicted molar refractivity (Wildman–Crippen MR) is 216 cm³/mol. The van der Waals surface area contributed by atoms with Crippen molar-refractivity contribution in [3.63, 3.8) is 0 Å². The van der Waals surface area contributed by atoms with Crippen LogP contribution in [0.2, 0.25) is 0 Å². The second-order valence-corrected chi connectivity index (χ2v) is 24.3. The molecule has 0 aromatic carbocycles. The van der Waals surface area contributed by atoms with Crippen LogP contribution in [0.25, 0.3) is 0 Å². The Hall–Kier alpha value is -1.49. The average Bonchev–Trinajstić information content (AvgIpc) is 3.41. The van der Waals surface area contributed by atoms with E-state index in [1.807, 2.05) is 20.8 Å². The van der Waals surface area contributed by atoms with E-state index in [1.165, 1.54) is 31.3 Å². The summed E-state index contributed by atoms with van der Waals surface area (Å²) in [6.07, 6.45) is 10.7. The number of aliphatic hydroxyl groups excluding tert-OH is 1. The number of allylic oxidation sites excluding steroid dienone is 1. The van der Waals surface area contributed by atoms with Gasteiger partial charge in [-0.3, -0.25) is 14.5 Å². The molecule has 0 aromatic heterocycles. The monoisotopic (exact) mass is 787 g/mol. The number of carbonyl (C=O) groups excluding carboxylic acids is 1. The lowest BCUT2D eigenvalue weighted by Gasteiger charge is -2.73. The molecule has 0 bridgehead atoms. The maximum absolute atomic E-state index is 13.4. The number of esters is 1. The molecule has 6 aliphatic carbocycles. The summed E-state index contributed by atoms with van der Waals surface area (Å²) in [5.41, 5.74) is 1.24. The van der Waals surface area contributed by atoms with Crippen molar-refractivity contribution in [3.8, 4) is 0 Å². The fourth-order valence-electron chi connectivity index (χ4n) is 15.6. The van der Waals surface area contributed by atoms with E-state index < -0.39 is 27.8 Å². The Morgan fingerprint density at radius 1 is 0.873 bits per heavy atom. The number of carboxylic acids is 1. The fourth-order valence-corrected chi connectivity index (χ4v) is 16.8. The summed E-state index contributed by atoms with van der Waals surface area (Å²) in [5, 5.41) is 24.8. The largest absolute Gasteiger partial charge is 0.481 e. The summed E-state index contributed by atoms with van der Waals surface area (Å²) >= 11 is 0. The van der Waals surface area contributed by atoms with Gasteiger partial charge in [-0.25, -0.2) is 8.42 Å². The summed E-state index contributed by atoms with van der Waals surface area (Å²) in [5.74, 6) is 1.18. The fraction of sp³-hybridized carbons (Fsp3) is 0.911. The van der Waals surface area contributed by atoms with E-state index in [9.17, 15) is 28.2 Å². The van der Waals surface area contributed by atoms with Crippen molar-refractivity contribution in [3.05, 3.63) is 12.2 Å². The highest BCUT2D eigenvalue weighted by atomic mass is 32.2. The molecule has 0 amide bonds. The van der Waals surface area contributed by atoms with Crippen LogP contribution in [0.5, 0.6) is 0 Å². The van der Waals surface area contributed by atoms with Gasteiger partial charge in [0.1, 0.15) is 6.10 Å². The molecule has 0 aromatic rings. The van der Waals surface area contributed by atoms with E-state index in [2.05, 4.69) is 58.3 Å². The van der Waals surface area contributed by atoms with E-state index >= 15 is 0 Å². The molecule has 0 unspecified atom stereocenters. The van der Waals surface area contributed by atoms with Gasteiger partial charge in [0.25, 0.3) is 0 Å². The number of carboxylic acid groups (broad SMARTS) is 1. The van der Waals surface area contributed by atoms with Crippen LogP contribution in [-0.4, -0.2) is 90.4 Å². The van der Waals surface area contributed by atoms with Crippen LogP contribution in [-0.2, 0) is 24.2 Å². The zero-order chi connectivity index (χ0) is 40.3. The molecule has 0 spiro atoms. The van der Waals surface area contributed by atoms with Crippen LogP contribution in [0, 0.1) is 68.5 Å². The van der Waals surface area contributed by atoms with Crippen LogP contribution in [0.1, 0.15) is 133 Å². The number of fused-ring (bicyclic) bond motifs is 7. The number of rotatable bonds is 10. The number of sulfone groups is 1. The van der Waals surface area contributed by atoms with Crippen LogP contribution in [0.15, 0.2) is 12.2 Å². The maximum atomic E-state index is 13.4. The van der Waals surface area contributed by atoms with Crippen molar-refractivity contribution in [2.45, 2.75) is 157 Å². The third-order valence-corrected chi connectivity index (χ3v) is 20.7. The third kappa shape index (κ3) is 6.50. The summed E-state index contributed by atoms with van der Waals surface area (Å²) < 4.78 is 30.8. The Morgan fingerprint density at radius 2 is 1.55 bits per heavy atom. The lowest BCUT2D eigenvalue weighted by Crippen LogP contribution is -2.69. The van der Waals surface area contributed by atoms with Crippen LogP contribution in [0.4, 0.5) is 0 Å². The summed E-state index contributed by atoms with van der Waals surface area (Å²) in [7, 11) is -3.00. The van der Waals surface area contributed by atoms with Gasteiger partial charge in [-0.05, 0) is 135 Å². The Kier molecular flexibility index (Phi) is 10.4. The first-order valence-electron chi connectivity index (χ1n) is 21.9. The second kappa shape index (κ2) is 13.8. The number of nitrogens with zero attached hydrogens (tertiary/aromatic N) is 1. The number of aliphatic carboxylic acids is 1. The summed E-state index contributed by atoms with van der Waals surface area (Å²) in [6.45, 7) is 26.8. The molecule has 7 rings (SSSR count). The van der Waals surface area contributed by atoms with Crippen molar-refractivity contribution < 1.29 is 33.0 Å². The van der Waals surface area contributed by atoms with Crippen LogP contribution >= 0.6 is 0 Å². The topological polar surface area (TPSA) is 133 Å². The van der Waals surface area contributed by atoms with Gasteiger partial charge in [-0.2, -0.15) is 0 Å². The molecule has 312 valence electrons. The number of ether oxygens (including phenoxy) is 1. The molecular formula is C45H74N2O7S. The molecule has 6 saturated carbocycles. The van der Waals surface area contributed by atoms with Gasteiger partial charge in [-0.15, -0.1) is 0 Å². The lowest BCUT2D eigenvalue weighted by molar-refractivity contribution is -0.246. The van der Waals surface area contributed by atoms with E-state index in [-0.39, 0.29) is 74.6 Å². The van der Waals surface area contributed by atoms with Gasteiger partial charge >= 0.3 is 11.9 Å². The molecule has 1 aliphatic heterocycles. The normalized spacial score (nSPS) is 46.5. The first-order chi connectivity index (χ1) is 25.5. The zero-order valence-corrected chi connectivity index (χ0v) is 36.4. The quantitative estimate of drug-likeness (QED) is 0.156. The molecule has 7 aliphatic rings. The van der Waals surface area contributed by atoms with Gasteiger partial charge in [-0.1, -0.05) is 60.6 Å². The van der Waals surface area contributed by atoms with Gasteiger partial charge in [0.2, 0.25) is 0 Å². The zero-order valence-electron chi connectivity index (χ0n) is 35.6. The molecule has 55 heavy (non-hydrogen) atoms. The molecule has 1 heterocycles. The SMILES string of the molecule is C=C(C)[C@@H]1CC[C@]2(NC[C@@H]([C@H](C)O)N3CCS(=O)(=O)CC3)CC[C@]3(C)[C@H](CC[C@@H]4[C@@]5(C)CC[C@H](OC(=O)C[C@@H]6[C@H](C(=O)O)C6(C)C)C(C)(C)[C@@H]5CC[C@]43C)[C@@H]12. The number of hydrogen-bond donors (Lipinski definition) is 3. The predicted octanol–water partition coefficient (Wildman–Crippen LogP) is 7.12. The van der Waals surface area contributed by atoms with E-state index in [0.717, 1.165) is 38.5 Å². The van der Waals surface area contributed by atoms with Gasteiger partial charge in [0, 0.05) is 43.1 Å². The molecule has 7 fully saturated rings. The number of carbonyl (C=O) groups is 2. The average molecular weight is 787 g/mol. The summed E-state index contributed by atoms with van der Waals surface area (Å²) in [6, 6.07) is -0.119. The van der Waals surface area contributed by atoms with Crippen molar-refractivity contribution in [2.75, 3.05) is 31.1 Å². The highest BCUT2D eigenvalue weighted by molar-refractivity contribution is 7.91. The maximum Gasteiger partial charge on any atom is 0.307 e. The highest BCUT2D eigenvalue weighted by Crippen LogP contribution is 2.76. The van der Waals surface area contributed by atoms with Gasteiger partial charge < -0.3 is 20.3 Å². The molecule has 3 N–H and O–H groups in total. The molecule has 14 atom stereocenters. The number of hydrogen-bond acceptors (Lipinski definition) is 8. The van der Waals surface area contributed by atoms with Gasteiger partial charge in [0.05, 0.1) is 23.5 Å². The Balaban J connectivity index is 1.09. The minimum atomic E-state index is -3.00. The molecule has 10 heteroatoms. The van der Waals surface area contributed by atoms with Crippen LogP contribution < -0.4 is 5.32 Å². The molecule has 1 saturated heterocycles. The van der Waals surface area contributed by atoms with Crippen molar-refractivity contribution in [1.82, 2.24) is 10.2 Å². The Labute approximate surface area is 332 Å². The third-order valence-electron chi connectivity index (χ3n) is 19.1. The van der Waals surface area contributed by atoms with E-state index in [0.29, 0.717) is 49.2 Å². The van der Waals surface area contributed by atoms with Gasteiger partial charge in [0.15, 0.2) is 9.84 Å². The molecular weight excluding hydrogens is 713 g/mol. The molecule has 9 nitrogen and oxygen atoms in total. The van der Waals surface area contributed by atoms with E-state index in [1.54, 1.807) is 0 Å². The van der Waals surface area contributed by atoms with Crippen molar-refractivity contribution >= 4 is 21.8 Å². The van der Waals surface area contributed by atoms with Crippen LogP contribution in [0.3, 0.4) is 0 Å². The minimum absolute atomic E-state index is 0.0167. The second-order valence-electron chi connectivity index (χ2n) is 22.0. The van der Waals surface area contributed by atoms with E-state index in [4.69, 9.17) is 4.74 Å². The first kappa shape index (κ1) is 41.7. The lowest BCUT2D eigenvalue weighted by atomic mass is 9.32. The number of aliphatic hydroxyl groups is 1. The Bertz CT molecular complexity index is 1640. The minimum Gasteiger partial charge on any atom is -0.481 e. The summed E-state index contributed by atoms with van der Waals surface area (Å²) in [4.78, 5) is 27.4. The number of nitrogens with one attached hydrogen (secondary N) is 1. The smallest absolute Gasteiger partial charge is 0.307 e.